The van der Waals surface area contributed by atoms with Gasteiger partial charge in [-0.25, -0.2) is 0 Å². The topological polar surface area (TPSA) is 3.24 Å². The summed E-state index contributed by atoms with van der Waals surface area (Å²) in [5, 5.41) is 2.51. The molecule has 1 heteroatoms. The predicted molar refractivity (Wildman–Crippen MR) is 241 cm³/mol. The highest BCUT2D eigenvalue weighted by molar-refractivity contribution is 5.98. The van der Waals surface area contributed by atoms with Crippen LogP contribution in [0.15, 0.2) is 219 Å². The maximum absolute atomic E-state index is 4.34. The third-order valence-electron chi connectivity index (χ3n) is 12.5. The van der Waals surface area contributed by atoms with Crippen LogP contribution in [-0.4, -0.2) is 0 Å². The summed E-state index contributed by atoms with van der Waals surface area (Å²) in [6.45, 7) is 13.2. The van der Waals surface area contributed by atoms with Crippen LogP contribution in [0.1, 0.15) is 47.2 Å². The molecule has 8 aromatic carbocycles. The van der Waals surface area contributed by atoms with Crippen molar-refractivity contribution in [3.8, 4) is 33.4 Å². The second-order valence-corrected chi connectivity index (χ2v) is 15.7. The van der Waals surface area contributed by atoms with Gasteiger partial charge in [0.05, 0.1) is 11.1 Å². The Kier molecular flexibility index (Phi) is 8.09. The van der Waals surface area contributed by atoms with Gasteiger partial charge < -0.3 is 4.90 Å². The minimum Gasteiger partial charge on any atom is -0.310 e. The van der Waals surface area contributed by atoms with Crippen molar-refractivity contribution in [3.05, 3.63) is 252 Å². The zero-order chi connectivity index (χ0) is 38.7. The van der Waals surface area contributed by atoms with Crippen LogP contribution in [0.4, 0.5) is 11.4 Å². The van der Waals surface area contributed by atoms with Crippen LogP contribution in [0, 0.1) is 0 Å². The molecule has 1 atom stereocenters. The minimum absolute atomic E-state index is 0.143. The molecule has 0 saturated carbocycles. The summed E-state index contributed by atoms with van der Waals surface area (Å²) >= 11 is 0. The SMILES string of the molecule is C=C/C=C(\C=C)N(c1ccc2c(c1)C(C)(C)c1ccccc1-2)c1cccc2c1-c1ccccc1C2(c1ccccc1)c1ccc(-c2cccc3ccccc23)cc1. The van der Waals surface area contributed by atoms with Crippen LogP contribution in [-0.2, 0) is 10.8 Å². The fourth-order valence-corrected chi connectivity index (χ4v) is 9.96. The summed E-state index contributed by atoms with van der Waals surface area (Å²) in [7, 11) is 0. The van der Waals surface area contributed by atoms with E-state index in [1.54, 1.807) is 0 Å². The van der Waals surface area contributed by atoms with Gasteiger partial charge in [0.1, 0.15) is 0 Å². The summed E-state index contributed by atoms with van der Waals surface area (Å²) in [6.07, 6.45) is 5.88. The molecule has 1 unspecified atom stereocenters. The van der Waals surface area contributed by atoms with Gasteiger partial charge >= 0.3 is 0 Å². The first-order chi connectivity index (χ1) is 28.0. The highest BCUT2D eigenvalue weighted by Gasteiger charge is 2.47. The Balaban J connectivity index is 1.22. The number of allylic oxidation sites excluding steroid dienone is 3. The van der Waals surface area contributed by atoms with E-state index in [0.717, 1.165) is 17.1 Å². The first-order valence-corrected chi connectivity index (χ1v) is 19.8. The molecule has 0 aliphatic heterocycles. The molecule has 0 fully saturated rings. The summed E-state index contributed by atoms with van der Waals surface area (Å²) in [6, 6.07) is 67.3. The van der Waals surface area contributed by atoms with E-state index < -0.39 is 5.41 Å². The highest BCUT2D eigenvalue weighted by Crippen LogP contribution is 2.60. The van der Waals surface area contributed by atoms with Crippen LogP contribution in [0.3, 0.4) is 0 Å². The monoisotopic (exact) mass is 729 g/mol. The Morgan fingerprint density at radius 3 is 1.91 bits per heavy atom. The van der Waals surface area contributed by atoms with Crippen molar-refractivity contribution >= 4 is 22.1 Å². The first kappa shape index (κ1) is 34.5. The molecule has 0 saturated heterocycles. The lowest BCUT2D eigenvalue weighted by atomic mass is 9.67. The Labute approximate surface area is 336 Å². The fraction of sp³-hybridized carbons (Fsp3) is 0.0714. The maximum atomic E-state index is 4.34. The molecule has 0 spiro atoms. The molecule has 0 N–H and O–H groups in total. The largest absolute Gasteiger partial charge is 0.310 e. The molecule has 0 heterocycles. The van der Waals surface area contributed by atoms with Crippen molar-refractivity contribution in [2.45, 2.75) is 24.7 Å². The van der Waals surface area contributed by atoms with Crippen molar-refractivity contribution < 1.29 is 0 Å². The zero-order valence-corrected chi connectivity index (χ0v) is 32.4. The maximum Gasteiger partial charge on any atom is 0.0714 e. The molecule has 0 amide bonds. The van der Waals surface area contributed by atoms with E-state index in [4.69, 9.17) is 0 Å². The lowest BCUT2D eigenvalue weighted by molar-refractivity contribution is 0.660. The molecule has 10 rings (SSSR count). The van der Waals surface area contributed by atoms with Crippen LogP contribution in [0.25, 0.3) is 44.2 Å². The molecule has 1 nitrogen and oxygen atoms in total. The number of nitrogens with zero attached hydrogens (tertiary/aromatic N) is 1. The van der Waals surface area contributed by atoms with Crippen LogP contribution in [0.2, 0.25) is 0 Å². The molecule has 2 aliphatic rings. The summed E-state index contributed by atoms with van der Waals surface area (Å²) < 4.78 is 0. The summed E-state index contributed by atoms with van der Waals surface area (Å²) in [4.78, 5) is 2.38. The highest BCUT2D eigenvalue weighted by atomic mass is 15.1. The number of anilines is 2. The van der Waals surface area contributed by atoms with Gasteiger partial charge in [-0.1, -0.05) is 197 Å². The van der Waals surface area contributed by atoms with E-state index in [1.807, 2.05) is 12.2 Å². The van der Waals surface area contributed by atoms with E-state index in [0.29, 0.717) is 0 Å². The number of hydrogen-bond donors (Lipinski definition) is 0. The molecular formula is C56H43N. The summed E-state index contributed by atoms with van der Waals surface area (Å²) in [5.41, 5.74) is 17.6. The number of hydrogen-bond acceptors (Lipinski definition) is 1. The van der Waals surface area contributed by atoms with Crippen LogP contribution in [0.5, 0.6) is 0 Å². The van der Waals surface area contributed by atoms with Crippen molar-refractivity contribution in [2.75, 3.05) is 4.90 Å². The van der Waals surface area contributed by atoms with Gasteiger partial charge in [0.25, 0.3) is 0 Å². The quantitative estimate of drug-likeness (QED) is 0.141. The molecule has 0 radical (unpaired) electrons. The van der Waals surface area contributed by atoms with Gasteiger partial charge in [0, 0.05) is 22.4 Å². The van der Waals surface area contributed by atoms with Crippen molar-refractivity contribution in [1.82, 2.24) is 0 Å². The minimum atomic E-state index is -0.565. The lowest BCUT2D eigenvalue weighted by Crippen LogP contribution is -2.28. The fourth-order valence-electron chi connectivity index (χ4n) is 9.96. The molecule has 2 aliphatic carbocycles. The van der Waals surface area contributed by atoms with Gasteiger partial charge in [-0.05, 0) is 102 Å². The van der Waals surface area contributed by atoms with Crippen LogP contribution < -0.4 is 4.90 Å². The Hall–Kier alpha value is -6.96. The standard InChI is InChI=1S/C56H43N/c1-5-18-42(6-2)57(43-35-36-47-46-24-12-14-27-49(46)55(3,4)52(47)37-43)53-30-17-29-51-54(53)48-25-13-15-28-50(48)56(51,40-21-8-7-9-22-40)41-33-31-39(32-34-41)45-26-16-20-38-19-10-11-23-44(38)45/h5-37H,1-2H2,3-4H3/b42-18+. The second kappa shape index (κ2) is 13.4. The van der Waals surface area contributed by atoms with Crippen molar-refractivity contribution in [1.29, 1.82) is 0 Å². The summed E-state index contributed by atoms with van der Waals surface area (Å²) in [5.74, 6) is 0. The van der Waals surface area contributed by atoms with E-state index >= 15 is 0 Å². The Morgan fingerprint density at radius 1 is 0.509 bits per heavy atom. The van der Waals surface area contributed by atoms with Crippen LogP contribution >= 0.6 is 0 Å². The van der Waals surface area contributed by atoms with Crippen molar-refractivity contribution in [2.24, 2.45) is 0 Å². The van der Waals surface area contributed by atoms with Gasteiger partial charge in [0.15, 0.2) is 0 Å². The van der Waals surface area contributed by atoms with Gasteiger partial charge in [-0.15, -0.1) is 0 Å². The molecule has 0 aromatic heterocycles. The van der Waals surface area contributed by atoms with Gasteiger partial charge in [0.2, 0.25) is 0 Å². The third-order valence-corrected chi connectivity index (χ3v) is 12.5. The predicted octanol–water partition coefficient (Wildman–Crippen LogP) is 14.6. The first-order valence-electron chi connectivity index (χ1n) is 19.8. The average molecular weight is 730 g/mol. The number of fused-ring (bicyclic) bond motifs is 7. The molecule has 8 aromatic rings. The normalized spacial score (nSPS) is 16.0. The average Bonchev–Trinajstić information content (AvgIpc) is 3.70. The van der Waals surface area contributed by atoms with E-state index in [1.165, 1.54) is 77.5 Å². The number of rotatable bonds is 8. The molecular weight excluding hydrogens is 687 g/mol. The zero-order valence-electron chi connectivity index (χ0n) is 32.4. The van der Waals surface area contributed by atoms with E-state index in [9.17, 15) is 0 Å². The number of benzene rings is 8. The third kappa shape index (κ3) is 5.09. The van der Waals surface area contributed by atoms with Gasteiger partial charge in [-0.2, -0.15) is 0 Å². The second-order valence-electron chi connectivity index (χ2n) is 15.7. The molecule has 57 heavy (non-hydrogen) atoms. The Morgan fingerprint density at radius 2 is 1.12 bits per heavy atom. The Bertz CT molecular complexity index is 2900. The molecule has 0 bridgehead atoms. The van der Waals surface area contributed by atoms with Gasteiger partial charge in [-0.3, -0.25) is 0 Å². The van der Waals surface area contributed by atoms with Crippen molar-refractivity contribution in [3.63, 3.8) is 0 Å². The van der Waals surface area contributed by atoms with E-state index in [-0.39, 0.29) is 5.41 Å². The smallest absolute Gasteiger partial charge is 0.0714 e. The lowest BCUT2D eigenvalue weighted by Gasteiger charge is -2.35. The van der Waals surface area contributed by atoms with E-state index in [2.05, 4.69) is 220 Å². The molecule has 272 valence electrons.